The minimum Gasteiger partial charge on any atom is -0.384 e. The first-order valence-electron chi connectivity index (χ1n) is 11.0. The van der Waals surface area contributed by atoms with Crippen molar-refractivity contribution in [1.82, 2.24) is 20.2 Å². The highest BCUT2D eigenvalue weighted by atomic mass is 32.2. The van der Waals surface area contributed by atoms with Gasteiger partial charge in [-0.25, -0.2) is 32.0 Å². The van der Waals surface area contributed by atoms with Crippen LogP contribution < -0.4 is 16.4 Å². The number of hydrogen-bond donors (Lipinski definition) is 3. The van der Waals surface area contributed by atoms with Crippen molar-refractivity contribution in [3.05, 3.63) is 65.9 Å². The molecular formula is C24H28F2N6O3S. The average molecular weight is 519 g/mol. The molecule has 0 aliphatic heterocycles. The second kappa shape index (κ2) is 10.5. The number of hydrogen-bond acceptors (Lipinski definition) is 7. The Labute approximate surface area is 208 Å². The number of benzene rings is 2. The second-order valence-electron chi connectivity index (χ2n) is 8.88. The van der Waals surface area contributed by atoms with E-state index in [1.165, 1.54) is 19.9 Å². The van der Waals surface area contributed by atoms with Crippen LogP contribution in [0.1, 0.15) is 19.5 Å². The second-order valence-corrected chi connectivity index (χ2v) is 11.4. The lowest BCUT2D eigenvalue weighted by molar-refractivity contribution is 0.250. The molecule has 0 aliphatic rings. The van der Waals surface area contributed by atoms with Crippen molar-refractivity contribution in [2.45, 2.75) is 23.5 Å². The van der Waals surface area contributed by atoms with Gasteiger partial charge >= 0.3 is 6.03 Å². The molecule has 0 saturated carbocycles. The number of nitrogens with two attached hydrogens (primary N) is 1. The number of sulfone groups is 1. The van der Waals surface area contributed by atoms with Gasteiger partial charge < -0.3 is 21.3 Å². The zero-order chi connectivity index (χ0) is 26.7. The number of urea groups is 1. The third-order valence-electron chi connectivity index (χ3n) is 5.43. The monoisotopic (exact) mass is 518 g/mol. The molecule has 3 rings (SSSR count). The Bertz CT molecular complexity index is 1340. The molecule has 0 fully saturated rings. The fraction of sp³-hybridized carbons (Fsp3) is 0.292. The van der Waals surface area contributed by atoms with Gasteiger partial charge in [-0.2, -0.15) is 0 Å². The van der Waals surface area contributed by atoms with E-state index in [4.69, 9.17) is 5.73 Å². The van der Waals surface area contributed by atoms with Crippen LogP contribution in [0.25, 0.3) is 11.4 Å². The van der Waals surface area contributed by atoms with Gasteiger partial charge in [0.2, 0.25) is 0 Å². The first-order chi connectivity index (χ1) is 16.8. The molecule has 0 radical (unpaired) electrons. The van der Waals surface area contributed by atoms with Crippen LogP contribution in [-0.2, 0) is 14.6 Å². The van der Waals surface area contributed by atoms with Crippen LogP contribution in [-0.4, -0.2) is 56.5 Å². The molecule has 36 heavy (non-hydrogen) atoms. The SMILES string of the molecule is CN(C)CCNC(=O)Nc1ccc(-c2nc(N)cc(C(C)(C)S(=O)(=O)c3cc(F)cc(F)c3)n2)cc1. The van der Waals surface area contributed by atoms with E-state index in [1.807, 2.05) is 19.0 Å². The number of nitrogens with zero attached hydrogens (tertiary/aromatic N) is 3. The van der Waals surface area contributed by atoms with E-state index in [2.05, 4.69) is 20.6 Å². The van der Waals surface area contributed by atoms with E-state index < -0.39 is 31.1 Å². The molecule has 0 aliphatic carbocycles. The number of rotatable bonds is 8. The molecule has 4 N–H and O–H groups in total. The van der Waals surface area contributed by atoms with Gasteiger partial charge in [-0.3, -0.25) is 0 Å². The van der Waals surface area contributed by atoms with Crippen molar-refractivity contribution in [2.24, 2.45) is 0 Å². The van der Waals surface area contributed by atoms with Crippen molar-refractivity contribution >= 4 is 27.4 Å². The van der Waals surface area contributed by atoms with Gasteiger partial charge in [0.25, 0.3) is 0 Å². The van der Waals surface area contributed by atoms with E-state index in [0.29, 0.717) is 30.4 Å². The van der Waals surface area contributed by atoms with Crippen LogP contribution in [0, 0.1) is 11.6 Å². The maximum atomic E-state index is 13.7. The van der Waals surface area contributed by atoms with Gasteiger partial charge in [-0.1, -0.05) is 0 Å². The number of nitrogens with one attached hydrogen (secondary N) is 2. The molecule has 1 heterocycles. The maximum Gasteiger partial charge on any atom is 0.319 e. The molecular weight excluding hydrogens is 490 g/mol. The highest BCUT2D eigenvalue weighted by Gasteiger charge is 2.40. The molecule has 192 valence electrons. The molecule has 0 bridgehead atoms. The summed E-state index contributed by atoms with van der Waals surface area (Å²) >= 11 is 0. The first kappa shape index (κ1) is 27.0. The lowest BCUT2D eigenvalue weighted by Crippen LogP contribution is -2.34. The molecule has 12 heteroatoms. The average Bonchev–Trinajstić information content (AvgIpc) is 2.78. The lowest BCUT2D eigenvalue weighted by atomic mass is 10.1. The molecule has 0 saturated heterocycles. The minimum absolute atomic E-state index is 0.0196. The number of amides is 2. The number of aromatic nitrogens is 2. The number of likely N-dealkylation sites (N-methyl/N-ethyl adjacent to an activating group) is 1. The summed E-state index contributed by atoms with van der Waals surface area (Å²) in [5.41, 5.74) is 7.05. The van der Waals surface area contributed by atoms with Crippen molar-refractivity contribution in [3.8, 4) is 11.4 Å². The van der Waals surface area contributed by atoms with Crippen LogP contribution in [0.2, 0.25) is 0 Å². The topological polar surface area (TPSA) is 130 Å². The highest BCUT2D eigenvalue weighted by Crippen LogP contribution is 2.36. The smallest absolute Gasteiger partial charge is 0.319 e. The number of anilines is 2. The fourth-order valence-corrected chi connectivity index (χ4v) is 4.80. The van der Waals surface area contributed by atoms with Crippen molar-refractivity contribution in [2.75, 3.05) is 38.2 Å². The van der Waals surface area contributed by atoms with Crippen molar-refractivity contribution in [1.29, 1.82) is 0 Å². The van der Waals surface area contributed by atoms with E-state index in [0.717, 1.165) is 12.1 Å². The van der Waals surface area contributed by atoms with Gasteiger partial charge in [-0.15, -0.1) is 0 Å². The predicted octanol–water partition coefficient (Wildman–Crippen LogP) is 3.40. The number of nitrogen functional groups attached to an aromatic ring is 1. The normalized spacial score (nSPS) is 12.0. The quantitative estimate of drug-likeness (QED) is 0.417. The highest BCUT2D eigenvalue weighted by molar-refractivity contribution is 7.92. The third kappa shape index (κ3) is 6.13. The van der Waals surface area contributed by atoms with E-state index in [1.54, 1.807) is 24.3 Å². The molecule has 9 nitrogen and oxygen atoms in total. The number of carbonyl (C=O) groups is 1. The van der Waals surface area contributed by atoms with E-state index >= 15 is 0 Å². The summed E-state index contributed by atoms with van der Waals surface area (Å²) in [6.07, 6.45) is 0. The van der Waals surface area contributed by atoms with Crippen LogP contribution in [0.3, 0.4) is 0 Å². The molecule has 2 amide bonds. The predicted molar refractivity (Wildman–Crippen MR) is 134 cm³/mol. The fourth-order valence-electron chi connectivity index (χ4n) is 3.29. The summed E-state index contributed by atoms with van der Waals surface area (Å²) in [6, 6.07) is 9.66. The van der Waals surface area contributed by atoms with Gasteiger partial charge in [0.15, 0.2) is 15.7 Å². The summed E-state index contributed by atoms with van der Waals surface area (Å²) in [4.78, 5) is 22.0. The Balaban J connectivity index is 1.87. The molecule has 0 spiro atoms. The van der Waals surface area contributed by atoms with E-state index in [-0.39, 0.29) is 23.4 Å². The zero-order valence-corrected chi connectivity index (χ0v) is 21.2. The van der Waals surface area contributed by atoms with Crippen molar-refractivity contribution in [3.63, 3.8) is 0 Å². The van der Waals surface area contributed by atoms with Gasteiger partial charge in [0, 0.05) is 36.5 Å². The third-order valence-corrected chi connectivity index (χ3v) is 7.84. The summed E-state index contributed by atoms with van der Waals surface area (Å²) < 4.78 is 52.3. The Morgan fingerprint density at radius 1 is 1.03 bits per heavy atom. The standard InChI is InChI=1S/C24H28F2N6O3S/c1-24(2,36(34,35)19-12-16(25)11-17(26)13-19)20-14-21(27)31-22(30-20)15-5-7-18(8-6-15)29-23(33)28-9-10-32(3)4/h5-8,11-14H,9-10H2,1-4H3,(H2,27,30,31)(H2,28,29,33). The lowest BCUT2D eigenvalue weighted by Gasteiger charge is -2.25. The van der Waals surface area contributed by atoms with Crippen molar-refractivity contribution < 1.29 is 22.0 Å². The van der Waals surface area contributed by atoms with Gasteiger partial charge in [-0.05, 0) is 64.3 Å². The zero-order valence-electron chi connectivity index (χ0n) is 20.3. The Morgan fingerprint density at radius 3 is 2.22 bits per heavy atom. The summed E-state index contributed by atoms with van der Waals surface area (Å²) in [5, 5.41) is 5.45. The van der Waals surface area contributed by atoms with Crippen LogP contribution in [0.5, 0.6) is 0 Å². The summed E-state index contributed by atoms with van der Waals surface area (Å²) in [6.45, 7) is 3.93. The van der Waals surface area contributed by atoms with Crippen LogP contribution in [0.15, 0.2) is 53.4 Å². The first-order valence-corrected chi connectivity index (χ1v) is 12.4. The Kier molecular flexibility index (Phi) is 7.89. The number of carbonyl (C=O) groups excluding carboxylic acids is 1. The maximum absolute atomic E-state index is 13.7. The summed E-state index contributed by atoms with van der Waals surface area (Å²) in [5.74, 6) is -1.84. The minimum atomic E-state index is -4.27. The van der Waals surface area contributed by atoms with Gasteiger partial charge in [0.1, 0.15) is 22.2 Å². The molecule has 0 unspecified atom stereocenters. The number of halogens is 2. The molecule has 2 aromatic carbocycles. The molecule has 3 aromatic rings. The largest absolute Gasteiger partial charge is 0.384 e. The van der Waals surface area contributed by atoms with Crippen LogP contribution >= 0.6 is 0 Å². The summed E-state index contributed by atoms with van der Waals surface area (Å²) in [7, 11) is -0.463. The van der Waals surface area contributed by atoms with Crippen LogP contribution in [0.4, 0.5) is 25.1 Å². The Hall–Kier alpha value is -3.64. The molecule has 1 aromatic heterocycles. The van der Waals surface area contributed by atoms with E-state index in [9.17, 15) is 22.0 Å². The molecule has 0 atom stereocenters. The Morgan fingerprint density at radius 2 is 1.64 bits per heavy atom. The van der Waals surface area contributed by atoms with Gasteiger partial charge in [0.05, 0.1) is 10.6 Å².